The monoisotopic (exact) mass is 301 g/mol. The zero-order valence-electron chi connectivity index (χ0n) is 10.7. The highest BCUT2D eigenvalue weighted by Crippen LogP contribution is 2.24. The Balaban J connectivity index is 0.00000180. The van der Waals surface area contributed by atoms with Gasteiger partial charge in [-0.2, -0.15) is 0 Å². The summed E-state index contributed by atoms with van der Waals surface area (Å²) < 4.78 is 5.89. The Morgan fingerprint density at radius 1 is 1.58 bits per heavy atom. The first-order valence-electron chi connectivity index (χ1n) is 5.52. The molecule has 1 heterocycles. The van der Waals surface area contributed by atoms with E-state index in [0.717, 1.165) is 20.9 Å². The third kappa shape index (κ3) is 3.87. The average molecular weight is 302 g/mol. The summed E-state index contributed by atoms with van der Waals surface area (Å²) in [6.45, 7) is 2.16. The fraction of sp³-hybridized carbons (Fsp3) is 0.333. The number of amides is 1. The van der Waals surface area contributed by atoms with Gasteiger partial charge in [-0.25, -0.2) is 4.98 Å². The molecule has 0 aliphatic heterocycles. The van der Waals surface area contributed by atoms with Gasteiger partial charge in [0.15, 0.2) is 0 Å². The number of carbonyl (C=O) groups is 1. The van der Waals surface area contributed by atoms with Crippen molar-refractivity contribution in [2.75, 3.05) is 19.0 Å². The van der Waals surface area contributed by atoms with Crippen LogP contribution in [0.5, 0.6) is 0 Å². The number of aryl methyl sites for hydroxylation is 1. The number of methoxy groups -OCH3 is 1. The third-order valence-electron chi connectivity index (χ3n) is 2.45. The van der Waals surface area contributed by atoms with E-state index in [-0.39, 0.29) is 24.9 Å². The Morgan fingerprint density at radius 2 is 2.32 bits per heavy atom. The van der Waals surface area contributed by atoms with Crippen molar-refractivity contribution in [3.63, 3.8) is 0 Å². The Morgan fingerprint density at radius 3 is 3.00 bits per heavy atom. The van der Waals surface area contributed by atoms with E-state index in [1.165, 1.54) is 7.11 Å². The van der Waals surface area contributed by atoms with E-state index >= 15 is 0 Å². The van der Waals surface area contributed by atoms with Crippen molar-refractivity contribution in [2.24, 2.45) is 5.73 Å². The normalized spacial score (nSPS) is 11.9. The number of ether oxygens (including phenoxy) is 1. The van der Waals surface area contributed by atoms with Crippen LogP contribution in [-0.2, 0) is 9.53 Å². The van der Waals surface area contributed by atoms with Crippen LogP contribution in [0.1, 0.15) is 5.01 Å². The number of nitrogens with two attached hydrogens (primary N) is 1. The second-order valence-corrected chi connectivity index (χ2v) is 5.20. The highest BCUT2D eigenvalue weighted by atomic mass is 35.5. The van der Waals surface area contributed by atoms with Crippen molar-refractivity contribution in [1.82, 2.24) is 4.98 Å². The molecule has 1 aromatic heterocycles. The lowest BCUT2D eigenvalue weighted by molar-refractivity contribution is -0.118. The molecular weight excluding hydrogens is 286 g/mol. The third-order valence-corrected chi connectivity index (χ3v) is 3.38. The minimum Gasteiger partial charge on any atom is -0.383 e. The van der Waals surface area contributed by atoms with Crippen LogP contribution in [0.4, 0.5) is 5.69 Å². The fourth-order valence-electron chi connectivity index (χ4n) is 1.61. The molecule has 0 bridgehead atoms. The van der Waals surface area contributed by atoms with Gasteiger partial charge in [-0.05, 0) is 25.1 Å². The molecule has 0 saturated carbocycles. The predicted octanol–water partition coefficient (Wildman–Crippen LogP) is 1.94. The number of hydrogen-bond acceptors (Lipinski definition) is 5. The van der Waals surface area contributed by atoms with Gasteiger partial charge in [-0.1, -0.05) is 0 Å². The smallest absolute Gasteiger partial charge is 0.243 e. The number of carbonyl (C=O) groups excluding carboxylic acids is 1. The number of nitrogens with zero attached hydrogens (tertiary/aromatic N) is 1. The number of halogens is 1. The summed E-state index contributed by atoms with van der Waals surface area (Å²) in [5.41, 5.74) is 7.31. The van der Waals surface area contributed by atoms with Crippen LogP contribution >= 0.6 is 23.7 Å². The molecule has 7 heteroatoms. The van der Waals surface area contributed by atoms with E-state index in [1.807, 2.05) is 25.1 Å². The van der Waals surface area contributed by atoms with Gasteiger partial charge >= 0.3 is 0 Å². The maximum Gasteiger partial charge on any atom is 0.243 e. The summed E-state index contributed by atoms with van der Waals surface area (Å²) in [4.78, 5) is 16.1. The van der Waals surface area contributed by atoms with Crippen molar-refractivity contribution in [1.29, 1.82) is 0 Å². The Kier molecular flexibility index (Phi) is 5.68. The van der Waals surface area contributed by atoms with E-state index in [1.54, 1.807) is 11.3 Å². The first-order valence-corrected chi connectivity index (χ1v) is 6.34. The molecule has 19 heavy (non-hydrogen) atoms. The van der Waals surface area contributed by atoms with Gasteiger partial charge in [0.1, 0.15) is 6.04 Å². The number of rotatable bonds is 4. The molecule has 104 valence electrons. The van der Waals surface area contributed by atoms with Crippen LogP contribution in [0.15, 0.2) is 18.2 Å². The topological polar surface area (TPSA) is 77.2 Å². The second-order valence-electron chi connectivity index (χ2n) is 3.97. The molecular formula is C12H16ClN3O2S. The van der Waals surface area contributed by atoms with Crippen molar-refractivity contribution in [3.05, 3.63) is 23.2 Å². The highest BCUT2D eigenvalue weighted by Gasteiger charge is 2.13. The first-order chi connectivity index (χ1) is 8.60. The van der Waals surface area contributed by atoms with E-state index in [2.05, 4.69) is 10.3 Å². The van der Waals surface area contributed by atoms with Crippen LogP contribution in [0, 0.1) is 6.92 Å². The molecule has 0 aliphatic rings. The number of aromatic nitrogens is 1. The molecule has 1 amide bonds. The SMILES string of the molecule is COCC(N)C(=O)Nc1ccc2nc(C)sc2c1.Cl. The number of hydrogen-bond donors (Lipinski definition) is 2. The molecule has 0 saturated heterocycles. The average Bonchev–Trinajstić information content (AvgIpc) is 2.68. The molecule has 0 fully saturated rings. The standard InChI is InChI=1S/C12H15N3O2S.ClH/c1-7-14-10-4-3-8(5-11(10)18-7)15-12(16)9(13)6-17-2;/h3-5,9H,6,13H2,1-2H3,(H,15,16);1H. The van der Waals surface area contributed by atoms with Gasteiger partial charge in [0.05, 0.1) is 21.8 Å². The van der Waals surface area contributed by atoms with Crippen molar-refractivity contribution >= 4 is 45.6 Å². The van der Waals surface area contributed by atoms with Gasteiger partial charge in [0.25, 0.3) is 0 Å². The lowest BCUT2D eigenvalue weighted by Gasteiger charge is -2.10. The molecule has 3 N–H and O–H groups in total. The van der Waals surface area contributed by atoms with E-state index in [4.69, 9.17) is 10.5 Å². The van der Waals surface area contributed by atoms with Crippen molar-refractivity contribution < 1.29 is 9.53 Å². The molecule has 0 aliphatic carbocycles. The lowest BCUT2D eigenvalue weighted by atomic mass is 10.2. The zero-order chi connectivity index (χ0) is 13.1. The second kappa shape index (κ2) is 6.81. The Bertz CT molecular complexity index is 573. The molecule has 0 spiro atoms. The fourth-order valence-corrected chi connectivity index (χ4v) is 2.47. The molecule has 2 rings (SSSR count). The molecule has 5 nitrogen and oxygen atoms in total. The van der Waals surface area contributed by atoms with Gasteiger partial charge in [0.2, 0.25) is 5.91 Å². The van der Waals surface area contributed by atoms with Gasteiger partial charge in [-0.15, -0.1) is 23.7 Å². The quantitative estimate of drug-likeness (QED) is 0.905. The largest absolute Gasteiger partial charge is 0.383 e. The minimum atomic E-state index is -0.658. The summed E-state index contributed by atoms with van der Waals surface area (Å²) in [7, 11) is 1.51. The summed E-state index contributed by atoms with van der Waals surface area (Å²) >= 11 is 1.59. The van der Waals surface area contributed by atoms with Crippen LogP contribution in [0.2, 0.25) is 0 Å². The Labute approximate surface area is 121 Å². The highest BCUT2D eigenvalue weighted by molar-refractivity contribution is 7.18. The van der Waals surface area contributed by atoms with E-state index in [0.29, 0.717) is 0 Å². The molecule has 2 aromatic rings. The summed E-state index contributed by atoms with van der Waals surface area (Å²) in [6, 6.07) is 4.95. The number of nitrogens with one attached hydrogen (secondary N) is 1. The van der Waals surface area contributed by atoms with E-state index < -0.39 is 6.04 Å². The van der Waals surface area contributed by atoms with Crippen LogP contribution in [0.25, 0.3) is 10.2 Å². The summed E-state index contributed by atoms with van der Waals surface area (Å²) in [5.74, 6) is -0.252. The van der Waals surface area contributed by atoms with E-state index in [9.17, 15) is 4.79 Å². The predicted molar refractivity (Wildman–Crippen MR) is 80.1 cm³/mol. The van der Waals surface area contributed by atoms with Crippen LogP contribution in [0.3, 0.4) is 0 Å². The molecule has 0 radical (unpaired) electrons. The molecule has 1 unspecified atom stereocenters. The lowest BCUT2D eigenvalue weighted by Crippen LogP contribution is -2.39. The maximum atomic E-state index is 11.7. The number of thiazole rings is 1. The zero-order valence-corrected chi connectivity index (χ0v) is 12.3. The van der Waals surface area contributed by atoms with Crippen molar-refractivity contribution in [3.8, 4) is 0 Å². The van der Waals surface area contributed by atoms with Gasteiger partial charge < -0.3 is 15.8 Å². The Hall–Kier alpha value is -1.21. The van der Waals surface area contributed by atoms with Gasteiger partial charge in [-0.3, -0.25) is 4.79 Å². The minimum absolute atomic E-state index is 0. The van der Waals surface area contributed by atoms with Crippen molar-refractivity contribution in [2.45, 2.75) is 13.0 Å². The number of benzene rings is 1. The van der Waals surface area contributed by atoms with Gasteiger partial charge in [0, 0.05) is 12.8 Å². The van der Waals surface area contributed by atoms with Crippen LogP contribution in [-0.4, -0.2) is 30.6 Å². The maximum absolute atomic E-state index is 11.7. The molecule has 1 atom stereocenters. The number of anilines is 1. The summed E-state index contributed by atoms with van der Waals surface area (Å²) in [6.07, 6.45) is 0. The van der Waals surface area contributed by atoms with Crippen LogP contribution < -0.4 is 11.1 Å². The summed E-state index contributed by atoms with van der Waals surface area (Å²) in [5, 5.41) is 3.77. The molecule has 1 aromatic carbocycles. The number of fused-ring (bicyclic) bond motifs is 1. The first kappa shape index (κ1) is 15.8.